The maximum absolute atomic E-state index is 11.1. The second-order valence-corrected chi connectivity index (χ2v) is 2.85. The topological polar surface area (TPSA) is 0 Å². The zero-order chi connectivity index (χ0) is 9.65. The van der Waals surface area contributed by atoms with E-state index >= 15 is 0 Å². The molecule has 2 atom stereocenters. The van der Waals surface area contributed by atoms with Crippen molar-refractivity contribution >= 4 is 34.8 Å². The zero-order valence-corrected chi connectivity index (χ0v) is 7.57. The summed E-state index contributed by atoms with van der Waals surface area (Å²) in [7, 11) is 0. The zero-order valence-electron chi connectivity index (χ0n) is 5.30. The van der Waals surface area contributed by atoms with Gasteiger partial charge in [0.2, 0.25) is 0 Å². The molecular formula is C4H5Cl3F4. The van der Waals surface area contributed by atoms with Gasteiger partial charge in [-0.1, -0.05) is 23.2 Å². The van der Waals surface area contributed by atoms with Gasteiger partial charge >= 0.3 is 5.38 Å². The van der Waals surface area contributed by atoms with Crippen LogP contribution in [0.2, 0.25) is 0 Å². The number of hydrogen-bond acceptors (Lipinski definition) is 0. The van der Waals surface area contributed by atoms with E-state index in [0.717, 1.165) is 0 Å². The average Bonchev–Trinajstić information content (AvgIpc) is 1.59. The molecule has 0 nitrogen and oxygen atoms in total. The maximum Gasteiger partial charge on any atom is 0.366 e. The molecule has 0 amide bonds. The van der Waals surface area contributed by atoms with Gasteiger partial charge in [-0.15, -0.1) is 0 Å². The minimum absolute atomic E-state index is 1.19. The van der Waals surface area contributed by atoms with Crippen molar-refractivity contribution in [2.75, 3.05) is 0 Å². The van der Waals surface area contributed by atoms with Gasteiger partial charge in [0.05, 0.1) is 0 Å². The van der Waals surface area contributed by atoms with Crippen LogP contribution in [0.15, 0.2) is 0 Å². The molecule has 0 aromatic carbocycles. The van der Waals surface area contributed by atoms with E-state index in [4.69, 9.17) is 0 Å². The lowest BCUT2D eigenvalue weighted by atomic mass is 10.8. The summed E-state index contributed by atoms with van der Waals surface area (Å²) >= 11 is 12.8. The first-order valence-corrected chi connectivity index (χ1v) is 3.56. The Morgan fingerprint density at radius 2 is 1.27 bits per heavy atom. The number of halogens is 7. The van der Waals surface area contributed by atoms with Gasteiger partial charge in [-0.3, -0.25) is 0 Å². The van der Waals surface area contributed by atoms with E-state index in [1.165, 1.54) is 6.92 Å². The molecule has 2 unspecified atom stereocenters. The third-order valence-electron chi connectivity index (χ3n) is 0.247. The van der Waals surface area contributed by atoms with Crippen LogP contribution < -0.4 is 0 Å². The van der Waals surface area contributed by atoms with Crippen LogP contribution in [-0.4, -0.2) is 16.6 Å². The van der Waals surface area contributed by atoms with E-state index < -0.39 is 16.6 Å². The van der Waals surface area contributed by atoms with Crippen molar-refractivity contribution in [3.05, 3.63) is 0 Å². The van der Waals surface area contributed by atoms with Crippen molar-refractivity contribution in [3.8, 4) is 0 Å². The van der Waals surface area contributed by atoms with Crippen LogP contribution in [0.5, 0.6) is 0 Å². The van der Waals surface area contributed by atoms with Gasteiger partial charge in [0.15, 0.2) is 5.63 Å². The molecule has 0 fully saturated rings. The molecule has 11 heavy (non-hydrogen) atoms. The first kappa shape index (κ1) is 14.1. The number of hydrogen-bond donors (Lipinski definition) is 0. The lowest BCUT2D eigenvalue weighted by Gasteiger charge is -2.03. The van der Waals surface area contributed by atoms with Crippen LogP contribution in [0.3, 0.4) is 0 Å². The van der Waals surface area contributed by atoms with Crippen LogP contribution in [0.1, 0.15) is 6.92 Å². The fraction of sp³-hybridized carbons (Fsp3) is 1.00. The highest BCUT2D eigenvalue weighted by Crippen LogP contribution is 2.28. The van der Waals surface area contributed by atoms with Crippen LogP contribution in [0.4, 0.5) is 17.6 Å². The van der Waals surface area contributed by atoms with Gasteiger partial charge in [0, 0.05) is 0 Å². The Kier molecular flexibility index (Phi) is 7.89. The van der Waals surface area contributed by atoms with Crippen molar-refractivity contribution in [1.82, 2.24) is 0 Å². The normalized spacial score (nSPS) is 16.4. The molecule has 70 valence electrons. The molecule has 0 heterocycles. The summed E-state index contributed by atoms with van der Waals surface area (Å²) in [5, 5.41) is -3.93. The average molecular weight is 235 g/mol. The molecule has 7 heteroatoms. The summed E-state index contributed by atoms with van der Waals surface area (Å²) in [5.41, 5.74) is -3.99. The molecule has 0 saturated heterocycles. The van der Waals surface area contributed by atoms with E-state index in [1.54, 1.807) is 0 Å². The molecule has 0 aliphatic rings. The van der Waals surface area contributed by atoms with Crippen molar-refractivity contribution in [2.24, 2.45) is 0 Å². The molecule has 0 aliphatic carbocycles. The predicted octanol–water partition coefficient (Wildman–Crippen LogP) is 3.89. The second-order valence-electron chi connectivity index (χ2n) is 1.36. The van der Waals surface area contributed by atoms with Crippen LogP contribution in [-0.2, 0) is 0 Å². The molecule has 0 spiro atoms. The number of rotatable bonds is 1. The molecule has 0 radical (unpaired) electrons. The highest BCUT2D eigenvalue weighted by atomic mass is 35.5. The summed E-state index contributed by atoms with van der Waals surface area (Å²) in [6.45, 7) is 1.27. The van der Waals surface area contributed by atoms with E-state index in [0.29, 0.717) is 0 Å². The molecule has 0 aromatic heterocycles. The minimum atomic E-state index is -3.93. The third-order valence-corrected chi connectivity index (χ3v) is 0.825. The maximum atomic E-state index is 11.1. The van der Waals surface area contributed by atoms with Gasteiger partial charge in [0.1, 0.15) is 0 Å². The summed E-state index contributed by atoms with van der Waals surface area (Å²) < 4.78 is 44.1. The Hall–Kier alpha value is 0.590. The third kappa shape index (κ3) is 18.0. The van der Waals surface area contributed by atoms with E-state index in [-0.39, 0.29) is 0 Å². The Morgan fingerprint density at radius 3 is 1.27 bits per heavy atom. The summed E-state index contributed by atoms with van der Waals surface area (Å²) in [6.07, 6.45) is 0. The number of alkyl halides is 7. The van der Waals surface area contributed by atoms with Crippen LogP contribution in [0, 0.1) is 0 Å². The van der Waals surface area contributed by atoms with E-state index in [2.05, 4.69) is 34.8 Å². The Morgan fingerprint density at radius 1 is 1.18 bits per heavy atom. The molecule has 0 bridgehead atoms. The fourth-order valence-electron chi connectivity index (χ4n) is 0. The van der Waals surface area contributed by atoms with Crippen molar-refractivity contribution < 1.29 is 17.6 Å². The molecule has 0 aliphatic heterocycles. The Labute approximate surface area is 76.4 Å². The monoisotopic (exact) mass is 234 g/mol. The molecule has 0 N–H and O–H groups in total. The highest BCUT2D eigenvalue weighted by molar-refractivity contribution is 6.30. The second kappa shape index (κ2) is 6.14. The van der Waals surface area contributed by atoms with Gasteiger partial charge in [-0.05, 0) is 18.5 Å². The standard InChI is InChI=1S/C2HCl2F3.C2H4ClF/c3-1(5)2(4,6)7;1-2(3)4/h1H;2H,1H3. The molecule has 0 rings (SSSR count). The molecule has 0 saturated carbocycles. The quantitative estimate of drug-likeness (QED) is 0.478. The van der Waals surface area contributed by atoms with Gasteiger partial charge in [-0.2, -0.15) is 8.78 Å². The van der Waals surface area contributed by atoms with Gasteiger partial charge < -0.3 is 0 Å². The largest absolute Gasteiger partial charge is 0.366 e. The molecular weight excluding hydrogens is 230 g/mol. The van der Waals surface area contributed by atoms with Crippen molar-refractivity contribution in [1.29, 1.82) is 0 Å². The van der Waals surface area contributed by atoms with Crippen molar-refractivity contribution in [2.45, 2.75) is 23.6 Å². The van der Waals surface area contributed by atoms with Crippen LogP contribution in [0.25, 0.3) is 0 Å². The minimum Gasteiger partial charge on any atom is -0.230 e. The summed E-state index contributed by atoms with van der Waals surface area (Å²) in [4.78, 5) is 0. The van der Waals surface area contributed by atoms with E-state index in [1.807, 2.05) is 0 Å². The lowest BCUT2D eigenvalue weighted by molar-refractivity contribution is 0.0451. The fourth-order valence-corrected chi connectivity index (χ4v) is 0. The summed E-state index contributed by atoms with van der Waals surface area (Å²) in [6, 6.07) is 0. The predicted molar refractivity (Wildman–Crippen MR) is 38.0 cm³/mol. The Bertz CT molecular complexity index is 87.1. The molecule has 0 aromatic rings. The Balaban J connectivity index is 0. The first-order valence-electron chi connectivity index (χ1n) is 2.31. The van der Waals surface area contributed by atoms with Gasteiger partial charge in [-0.25, -0.2) is 8.78 Å². The first-order chi connectivity index (χ1) is 4.68. The SMILES string of the molecule is CC(F)Cl.FC(Cl)C(F)(F)Cl. The highest BCUT2D eigenvalue weighted by Gasteiger charge is 2.35. The van der Waals surface area contributed by atoms with E-state index in [9.17, 15) is 17.6 Å². The van der Waals surface area contributed by atoms with Crippen molar-refractivity contribution in [3.63, 3.8) is 0 Å². The summed E-state index contributed by atoms with van der Waals surface area (Å²) in [5.74, 6) is 0. The lowest BCUT2D eigenvalue weighted by Crippen LogP contribution is -2.16. The smallest absolute Gasteiger partial charge is 0.230 e. The van der Waals surface area contributed by atoms with Gasteiger partial charge in [0.25, 0.3) is 5.63 Å². The van der Waals surface area contributed by atoms with Crippen LogP contribution >= 0.6 is 34.8 Å².